The molecule has 0 amide bonds. The Morgan fingerprint density at radius 2 is 2.05 bits per heavy atom. The summed E-state index contributed by atoms with van der Waals surface area (Å²) in [5, 5.41) is 3.09. The lowest BCUT2D eigenvalue weighted by Gasteiger charge is -2.24. The van der Waals surface area contributed by atoms with Gasteiger partial charge in [0.15, 0.2) is 0 Å². The van der Waals surface area contributed by atoms with Gasteiger partial charge in [-0.25, -0.2) is 14.4 Å². The Morgan fingerprint density at radius 1 is 1.19 bits per heavy atom. The Labute approximate surface area is 126 Å². The van der Waals surface area contributed by atoms with Gasteiger partial charge in [0.05, 0.1) is 5.39 Å². The topological polar surface area (TPSA) is 29.0 Å². The number of fused-ring (bicyclic) bond motifs is 1. The Hall–Kier alpha value is -2.01. The van der Waals surface area contributed by atoms with E-state index in [1.165, 1.54) is 6.07 Å². The highest BCUT2D eigenvalue weighted by Crippen LogP contribution is 2.36. The van der Waals surface area contributed by atoms with Crippen LogP contribution in [0.2, 0.25) is 0 Å². The van der Waals surface area contributed by atoms with Gasteiger partial charge in [0.25, 0.3) is 0 Å². The first-order chi connectivity index (χ1) is 10.3. The fourth-order valence-corrected chi connectivity index (χ4v) is 3.31. The van der Waals surface area contributed by atoms with Crippen molar-refractivity contribution in [2.75, 3.05) is 4.90 Å². The van der Waals surface area contributed by atoms with Crippen LogP contribution in [0.1, 0.15) is 18.4 Å². The maximum atomic E-state index is 13.9. The van der Waals surface area contributed by atoms with E-state index in [9.17, 15) is 4.39 Å². The highest BCUT2D eigenvalue weighted by atomic mass is 32.1. The summed E-state index contributed by atoms with van der Waals surface area (Å²) < 4.78 is 13.9. The lowest BCUT2D eigenvalue weighted by Crippen LogP contribution is -2.26. The second-order valence-electron chi connectivity index (χ2n) is 5.29. The minimum atomic E-state index is -0.154. The lowest BCUT2D eigenvalue weighted by molar-refractivity contribution is 0.603. The largest absolute Gasteiger partial charge is 0.349 e. The van der Waals surface area contributed by atoms with Gasteiger partial charge in [-0.1, -0.05) is 18.2 Å². The monoisotopic (exact) mass is 299 g/mol. The molecule has 4 rings (SSSR count). The molecule has 3 nitrogen and oxygen atoms in total. The van der Waals surface area contributed by atoms with Crippen LogP contribution < -0.4 is 4.90 Å². The molecule has 5 heteroatoms. The first kappa shape index (κ1) is 12.7. The number of anilines is 1. The third kappa shape index (κ3) is 2.38. The molecule has 0 unspecified atom stereocenters. The molecule has 0 radical (unpaired) electrons. The average Bonchev–Trinajstić information content (AvgIpc) is 3.22. The van der Waals surface area contributed by atoms with E-state index in [4.69, 9.17) is 0 Å². The van der Waals surface area contributed by atoms with E-state index < -0.39 is 0 Å². The molecule has 3 aromatic rings. The van der Waals surface area contributed by atoms with E-state index in [0.29, 0.717) is 18.2 Å². The van der Waals surface area contributed by atoms with Gasteiger partial charge in [0.1, 0.15) is 22.8 Å². The lowest BCUT2D eigenvalue weighted by atomic mass is 10.2. The number of rotatable bonds is 4. The zero-order chi connectivity index (χ0) is 14.2. The van der Waals surface area contributed by atoms with E-state index in [2.05, 4.69) is 14.9 Å². The van der Waals surface area contributed by atoms with Crippen LogP contribution in [0.5, 0.6) is 0 Å². The van der Waals surface area contributed by atoms with E-state index >= 15 is 0 Å². The molecule has 1 aliphatic rings. The zero-order valence-electron chi connectivity index (χ0n) is 11.4. The van der Waals surface area contributed by atoms with Crippen molar-refractivity contribution in [2.45, 2.75) is 25.4 Å². The van der Waals surface area contributed by atoms with Crippen molar-refractivity contribution in [3.05, 3.63) is 53.4 Å². The molecule has 1 fully saturated rings. The summed E-state index contributed by atoms with van der Waals surface area (Å²) in [6.45, 7) is 0.555. The van der Waals surface area contributed by atoms with Gasteiger partial charge >= 0.3 is 0 Å². The molecule has 0 saturated heterocycles. The predicted molar refractivity (Wildman–Crippen MR) is 83.0 cm³/mol. The molecular formula is C16H14FN3S. The predicted octanol–water partition coefficient (Wildman–Crippen LogP) is 4.00. The van der Waals surface area contributed by atoms with Gasteiger partial charge in [-0.05, 0) is 30.4 Å². The Balaban J connectivity index is 1.75. The van der Waals surface area contributed by atoms with Crippen molar-refractivity contribution in [1.29, 1.82) is 0 Å². The SMILES string of the molecule is Fc1ccccc1CN(c1ncnc2sccc12)C1CC1. The molecule has 1 aromatic carbocycles. The molecule has 0 spiro atoms. The molecule has 1 saturated carbocycles. The quantitative estimate of drug-likeness (QED) is 0.729. The summed E-state index contributed by atoms with van der Waals surface area (Å²) in [6.07, 6.45) is 3.89. The molecule has 1 aliphatic carbocycles. The van der Waals surface area contributed by atoms with Crippen molar-refractivity contribution >= 4 is 27.4 Å². The summed E-state index contributed by atoms with van der Waals surface area (Å²) in [7, 11) is 0. The highest BCUT2D eigenvalue weighted by Gasteiger charge is 2.31. The standard InChI is InChI=1S/C16H14FN3S/c17-14-4-2-1-3-11(14)9-20(12-5-6-12)15-13-7-8-21-16(13)19-10-18-15/h1-4,7-8,10,12H,5-6,9H2. The van der Waals surface area contributed by atoms with Crippen molar-refractivity contribution in [2.24, 2.45) is 0 Å². The number of nitrogens with zero attached hydrogens (tertiary/aromatic N) is 3. The van der Waals surface area contributed by atoms with E-state index in [1.54, 1.807) is 23.7 Å². The first-order valence-electron chi connectivity index (χ1n) is 7.01. The van der Waals surface area contributed by atoms with E-state index in [-0.39, 0.29) is 5.82 Å². The van der Waals surface area contributed by atoms with Crippen LogP contribution >= 0.6 is 11.3 Å². The number of benzene rings is 1. The number of aromatic nitrogens is 2. The van der Waals surface area contributed by atoms with E-state index in [0.717, 1.165) is 28.9 Å². The Kier molecular flexibility index (Phi) is 3.07. The second-order valence-corrected chi connectivity index (χ2v) is 6.18. The van der Waals surface area contributed by atoms with Gasteiger partial charge in [0, 0.05) is 18.2 Å². The zero-order valence-corrected chi connectivity index (χ0v) is 12.2. The molecule has 2 heterocycles. The van der Waals surface area contributed by atoms with Crippen LogP contribution in [-0.4, -0.2) is 16.0 Å². The molecule has 2 aromatic heterocycles. The summed E-state index contributed by atoms with van der Waals surface area (Å²) in [5.74, 6) is 0.769. The maximum absolute atomic E-state index is 13.9. The summed E-state index contributed by atoms with van der Waals surface area (Å²) >= 11 is 1.61. The maximum Gasteiger partial charge on any atom is 0.141 e. The van der Waals surface area contributed by atoms with Crippen LogP contribution in [0.15, 0.2) is 42.0 Å². The fourth-order valence-electron chi connectivity index (χ4n) is 2.58. The smallest absolute Gasteiger partial charge is 0.141 e. The van der Waals surface area contributed by atoms with Crippen molar-refractivity contribution in [3.8, 4) is 0 Å². The average molecular weight is 299 g/mol. The summed E-state index contributed by atoms with van der Waals surface area (Å²) in [5.41, 5.74) is 0.714. The highest BCUT2D eigenvalue weighted by molar-refractivity contribution is 7.16. The van der Waals surface area contributed by atoms with Gasteiger partial charge in [0.2, 0.25) is 0 Å². The Bertz CT molecular complexity index is 782. The van der Waals surface area contributed by atoms with Crippen LogP contribution in [0.3, 0.4) is 0 Å². The van der Waals surface area contributed by atoms with Crippen LogP contribution in [0.4, 0.5) is 10.2 Å². The first-order valence-corrected chi connectivity index (χ1v) is 7.89. The van der Waals surface area contributed by atoms with Crippen molar-refractivity contribution in [1.82, 2.24) is 9.97 Å². The number of thiophene rings is 1. The summed E-state index contributed by atoms with van der Waals surface area (Å²) in [4.78, 5) is 12.0. The minimum absolute atomic E-state index is 0.154. The van der Waals surface area contributed by atoms with Gasteiger partial charge in [-0.2, -0.15) is 0 Å². The van der Waals surface area contributed by atoms with Gasteiger partial charge in [-0.3, -0.25) is 0 Å². The number of hydrogen-bond donors (Lipinski definition) is 0. The Morgan fingerprint density at radius 3 is 2.86 bits per heavy atom. The fraction of sp³-hybridized carbons (Fsp3) is 0.250. The molecular weight excluding hydrogens is 285 g/mol. The number of hydrogen-bond acceptors (Lipinski definition) is 4. The van der Waals surface area contributed by atoms with E-state index in [1.807, 2.05) is 23.6 Å². The normalized spacial score (nSPS) is 14.5. The third-order valence-corrected chi connectivity index (χ3v) is 4.62. The summed E-state index contributed by atoms with van der Waals surface area (Å²) in [6, 6.07) is 9.47. The van der Waals surface area contributed by atoms with Crippen molar-refractivity contribution < 1.29 is 4.39 Å². The van der Waals surface area contributed by atoms with Crippen LogP contribution in [0, 0.1) is 5.82 Å². The van der Waals surface area contributed by atoms with Crippen LogP contribution in [0.25, 0.3) is 10.2 Å². The van der Waals surface area contributed by atoms with Crippen molar-refractivity contribution in [3.63, 3.8) is 0 Å². The second kappa shape index (κ2) is 5.07. The number of halogens is 1. The molecule has 0 bridgehead atoms. The van der Waals surface area contributed by atoms with Gasteiger partial charge in [-0.15, -0.1) is 11.3 Å². The molecule has 21 heavy (non-hydrogen) atoms. The molecule has 0 atom stereocenters. The molecule has 106 valence electrons. The third-order valence-electron chi connectivity index (χ3n) is 3.80. The van der Waals surface area contributed by atoms with Gasteiger partial charge < -0.3 is 4.90 Å². The molecule has 0 aliphatic heterocycles. The minimum Gasteiger partial charge on any atom is -0.349 e. The molecule has 0 N–H and O–H groups in total. The van der Waals surface area contributed by atoms with Crippen LogP contribution in [-0.2, 0) is 6.54 Å².